The summed E-state index contributed by atoms with van der Waals surface area (Å²) in [4.78, 5) is 15.3. The lowest BCUT2D eigenvalue weighted by molar-refractivity contribution is 0.0661. The van der Waals surface area contributed by atoms with E-state index in [0.29, 0.717) is 17.7 Å². The Bertz CT molecular complexity index is 587. The largest absolute Gasteiger partial charge is 0.475 e. The molecule has 0 saturated heterocycles. The van der Waals surface area contributed by atoms with Gasteiger partial charge in [0.05, 0.1) is 5.69 Å². The number of carboxylic acid groups (broad SMARTS) is 1. The summed E-state index contributed by atoms with van der Waals surface area (Å²) in [6, 6.07) is 5.57. The number of carboxylic acids is 1. The molecule has 2 rings (SSSR count). The minimum atomic E-state index is -1.14. The molecule has 4 nitrogen and oxygen atoms in total. The van der Waals surface area contributed by atoms with E-state index in [2.05, 4.69) is 4.98 Å². The maximum absolute atomic E-state index is 12.8. The predicted molar refractivity (Wildman–Crippen MR) is 67.4 cm³/mol. The second-order valence-electron chi connectivity index (χ2n) is 4.70. The van der Waals surface area contributed by atoms with Crippen LogP contribution < -0.4 is 0 Å². The number of nitrogens with zero attached hydrogens (tertiary/aromatic N) is 1. The van der Waals surface area contributed by atoms with Crippen molar-refractivity contribution in [3.05, 3.63) is 41.5 Å². The molecular weight excluding hydrogens is 249 g/mol. The Balaban J connectivity index is 2.42. The lowest BCUT2D eigenvalue weighted by atomic mass is 10.1. The third-order valence-corrected chi connectivity index (χ3v) is 2.58. The van der Waals surface area contributed by atoms with E-state index in [4.69, 9.17) is 9.52 Å². The van der Waals surface area contributed by atoms with Gasteiger partial charge in [0, 0.05) is 5.56 Å². The fourth-order valence-corrected chi connectivity index (χ4v) is 1.76. The monoisotopic (exact) mass is 263 g/mol. The molecule has 0 bridgehead atoms. The van der Waals surface area contributed by atoms with Crippen LogP contribution >= 0.6 is 0 Å². The molecule has 0 aliphatic carbocycles. The first-order chi connectivity index (χ1) is 8.97. The van der Waals surface area contributed by atoms with Gasteiger partial charge < -0.3 is 9.52 Å². The Morgan fingerprint density at radius 1 is 1.37 bits per heavy atom. The van der Waals surface area contributed by atoms with E-state index in [1.165, 1.54) is 24.3 Å². The maximum atomic E-state index is 12.8. The van der Waals surface area contributed by atoms with Gasteiger partial charge in [-0.3, -0.25) is 0 Å². The van der Waals surface area contributed by atoms with Gasteiger partial charge in [0.25, 0.3) is 0 Å². The first-order valence-electron chi connectivity index (χ1n) is 5.96. The number of hydrogen-bond acceptors (Lipinski definition) is 3. The Morgan fingerprint density at radius 2 is 2.00 bits per heavy atom. The van der Waals surface area contributed by atoms with Crippen LogP contribution in [0.25, 0.3) is 11.5 Å². The Labute approximate surface area is 109 Å². The molecule has 2 aromatic rings. The summed E-state index contributed by atoms with van der Waals surface area (Å²) in [5, 5.41) is 9.09. The minimum Gasteiger partial charge on any atom is -0.475 e. The molecule has 0 aliphatic rings. The van der Waals surface area contributed by atoms with Crippen LogP contribution in [0.5, 0.6) is 0 Å². The molecule has 0 aliphatic heterocycles. The number of aromatic nitrogens is 1. The van der Waals surface area contributed by atoms with Gasteiger partial charge >= 0.3 is 5.97 Å². The summed E-state index contributed by atoms with van der Waals surface area (Å²) in [7, 11) is 0. The molecule has 19 heavy (non-hydrogen) atoms. The van der Waals surface area contributed by atoms with E-state index in [1.807, 2.05) is 13.8 Å². The van der Waals surface area contributed by atoms with Crippen molar-refractivity contribution < 1.29 is 18.7 Å². The van der Waals surface area contributed by atoms with Crippen molar-refractivity contribution in [2.75, 3.05) is 0 Å². The van der Waals surface area contributed by atoms with Crippen molar-refractivity contribution in [1.82, 2.24) is 4.98 Å². The zero-order valence-electron chi connectivity index (χ0n) is 10.7. The van der Waals surface area contributed by atoms with Gasteiger partial charge in [-0.25, -0.2) is 14.2 Å². The van der Waals surface area contributed by atoms with E-state index in [1.54, 1.807) is 0 Å². The molecule has 0 atom stereocenters. The van der Waals surface area contributed by atoms with Crippen LogP contribution in [0.15, 0.2) is 28.7 Å². The average molecular weight is 263 g/mol. The molecule has 0 fully saturated rings. The molecule has 0 radical (unpaired) electrons. The average Bonchev–Trinajstić information content (AvgIpc) is 2.73. The molecular formula is C14H14FNO3. The molecule has 1 N–H and O–H groups in total. The third-order valence-electron chi connectivity index (χ3n) is 2.58. The van der Waals surface area contributed by atoms with Crippen molar-refractivity contribution in [3.63, 3.8) is 0 Å². The van der Waals surface area contributed by atoms with Crippen LogP contribution in [-0.2, 0) is 6.42 Å². The zero-order valence-corrected chi connectivity index (χ0v) is 10.7. The SMILES string of the molecule is CC(C)Cc1nc(-c2ccc(F)cc2)oc1C(=O)O. The number of aromatic carboxylic acids is 1. The molecule has 0 spiro atoms. The van der Waals surface area contributed by atoms with Crippen LogP contribution in [0.1, 0.15) is 30.1 Å². The summed E-state index contributed by atoms with van der Waals surface area (Å²) in [6.45, 7) is 3.94. The fourth-order valence-electron chi connectivity index (χ4n) is 1.76. The van der Waals surface area contributed by atoms with Gasteiger partial charge in [-0.15, -0.1) is 0 Å². The van der Waals surface area contributed by atoms with Gasteiger partial charge in [0.15, 0.2) is 0 Å². The molecule has 1 heterocycles. The van der Waals surface area contributed by atoms with Crippen molar-refractivity contribution in [2.24, 2.45) is 5.92 Å². The van der Waals surface area contributed by atoms with Crippen LogP contribution in [0.3, 0.4) is 0 Å². The van der Waals surface area contributed by atoms with E-state index in [0.717, 1.165) is 0 Å². The zero-order chi connectivity index (χ0) is 14.0. The summed E-state index contributed by atoms with van der Waals surface area (Å²) in [6.07, 6.45) is 0.520. The van der Waals surface area contributed by atoms with Crippen molar-refractivity contribution >= 4 is 5.97 Å². The molecule has 0 saturated carbocycles. The summed E-state index contributed by atoms with van der Waals surface area (Å²) in [5.74, 6) is -1.18. The quantitative estimate of drug-likeness (QED) is 0.918. The van der Waals surface area contributed by atoms with Gasteiger partial charge in [-0.1, -0.05) is 13.8 Å². The van der Waals surface area contributed by atoms with Crippen LogP contribution in [0.2, 0.25) is 0 Å². The lowest BCUT2D eigenvalue weighted by Crippen LogP contribution is -2.03. The Kier molecular flexibility index (Phi) is 3.64. The highest BCUT2D eigenvalue weighted by molar-refractivity contribution is 5.86. The fraction of sp³-hybridized carbons (Fsp3) is 0.286. The van der Waals surface area contributed by atoms with Gasteiger partial charge in [-0.2, -0.15) is 0 Å². The lowest BCUT2D eigenvalue weighted by Gasteiger charge is -2.00. The predicted octanol–water partition coefficient (Wildman–Crippen LogP) is 3.38. The van der Waals surface area contributed by atoms with Crippen molar-refractivity contribution in [3.8, 4) is 11.5 Å². The van der Waals surface area contributed by atoms with Crippen LogP contribution in [0, 0.1) is 11.7 Å². The van der Waals surface area contributed by atoms with Gasteiger partial charge in [0.2, 0.25) is 11.7 Å². The Morgan fingerprint density at radius 3 is 2.53 bits per heavy atom. The highest BCUT2D eigenvalue weighted by atomic mass is 19.1. The third kappa shape index (κ3) is 2.99. The summed E-state index contributed by atoms with van der Waals surface area (Å²) < 4.78 is 18.1. The minimum absolute atomic E-state index is 0.145. The first kappa shape index (κ1) is 13.3. The molecule has 1 aromatic heterocycles. The van der Waals surface area contributed by atoms with Gasteiger partial charge in [-0.05, 0) is 36.6 Å². The molecule has 0 amide bonds. The number of benzene rings is 1. The van der Waals surface area contributed by atoms with Gasteiger partial charge in [0.1, 0.15) is 5.82 Å². The smallest absolute Gasteiger partial charge is 0.373 e. The second kappa shape index (κ2) is 5.22. The van der Waals surface area contributed by atoms with E-state index in [9.17, 15) is 9.18 Å². The van der Waals surface area contributed by atoms with Crippen molar-refractivity contribution in [2.45, 2.75) is 20.3 Å². The molecule has 100 valence electrons. The van der Waals surface area contributed by atoms with E-state index in [-0.39, 0.29) is 23.4 Å². The Hall–Kier alpha value is -2.17. The highest BCUT2D eigenvalue weighted by Gasteiger charge is 2.20. The van der Waals surface area contributed by atoms with Crippen LogP contribution in [0.4, 0.5) is 4.39 Å². The summed E-state index contributed by atoms with van der Waals surface area (Å²) in [5.41, 5.74) is 0.973. The van der Waals surface area contributed by atoms with Crippen LogP contribution in [-0.4, -0.2) is 16.1 Å². The first-order valence-corrected chi connectivity index (χ1v) is 5.96. The standard InChI is InChI=1S/C14H14FNO3/c1-8(2)7-11-12(14(17)18)19-13(16-11)9-3-5-10(15)6-4-9/h3-6,8H,7H2,1-2H3,(H,17,18). The van der Waals surface area contributed by atoms with Crippen molar-refractivity contribution in [1.29, 1.82) is 0 Å². The normalized spacial score (nSPS) is 10.9. The van der Waals surface area contributed by atoms with E-state index < -0.39 is 5.97 Å². The molecule has 5 heteroatoms. The number of rotatable bonds is 4. The number of oxazole rings is 1. The second-order valence-corrected chi connectivity index (χ2v) is 4.70. The number of carbonyl (C=O) groups is 1. The molecule has 1 aromatic carbocycles. The van der Waals surface area contributed by atoms with E-state index >= 15 is 0 Å². The number of halogens is 1. The maximum Gasteiger partial charge on any atom is 0.373 e. The number of hydrogen-bond donors (Lipinski definition) is 1. The molecule has 0 unspecified atom stereocenters. The summed E-state index contributed by atoms with van der Waals surface area (Å²) >= 11 is 0. The highest BCUT2D eigenvalue weighted by Crippen LogP contribution is 2.24. The topological polar surface area (TPSA) is 63.3 Å².